The average molecular weight is 365 g/mol. The molecule has 2 aromatic carbocycles. The van der Waals surface area contributed by atoms with Crippen molar-refractivity contribution in [2.45, 2.75) is 39.5 Å². The predicted molar refractivity (Wildman–Crippen MR) is 110 cm³/mol. The van der Waals surface area contributed by atoms with Crippen molar-refractivity contribution in [2.75, 3.05) is 5.32 Å². The van der Waals surface area contributed by atoms with Gasteiger partial charge in [0.2, 0.25) is 5.91 Å². The van der Waals surface area contributed by atoms with E-state index < -0.39 is 0 Å². The van der Waals surface area contributed by atoms with E-state index in [1.165, 1.54) is 5.56 Å². The molecule has 0 aliphatic rings. The molecule has 0 saturated carbocycles. The maximum atomic E-state index is 12.5. The van der Waals surface area contributed by atoms with E-state index in [4.69, 9.17) is 0 Å². The van der Waals surface area contributed by atoms with Crippen molar-refractivity contribution in [3.8, 4) is 10.6 Å². The number of aryl methyl sites for hydroxylation is 1. The molecule has 3 aromatic rings. The summed E-state index contributed by atoms with van der Waals surface area (Å²) in [6.45, 7) is 8.50. The lowest BCUT2D eigenvalue weighted by atomic mass is 9.86. The standard InChI is InChI=1S/C22H24N2OS/c1-15-8-7-9-16(12-15)21-23-17(14-26-21)13-20(25)24-19-11-6-5-10-18(19)22(2,3)4/h5-12,14H,13H2,1-4H3,(H,24,25). The first-order valence-corrected chi connectivity index (χ1v) is 9.62. The molecule has 1 amide bonds. The second-order valence-corrected chi connectivity index (χ2v) is 8.39. The van der Waals surface area contributed by atoms with E-state index in [2.05, 4.69) is 62.3 Å². The smallest absolute Gasteiger partial charge is 0.230 e. The van der Waals surface area contributed by atoms with Crippen LogP contribution in [0.2, 0.25) is 0 Å². The number of carbonyl (C=O) groups is 1. The van der Waals surface area contributed by atoms with Crippen LogP contribution in [0, 0.1) is 6.92 Å². The van der Waals surface area contributed by atoms with E-state index >= 15 is 0 Å². The zero-order valence-electron chi connectivity index (χ0n) is 15.7. The lowest BCUT2D eigenvalue weighted by molar-refractivity contribution is -0.115. The van der Waals surface area contributed by atoms with Crippen molar-refractivity contribution >= 4 is 22.9 Å². The average Bonchev–Trinajstić information content (AvgIpc) is 3.02. The lowest BCUT2D eigenvalue weighted by Gasteiger charge is -2.22. The number of hydrogen-bond donors (Lipinski definition) is 1. The van der Waals surface area contributed by atoms with Gasteiger partial charge in [0.05, 0.1) is 12.1 Å². The summed E-state index contributed by atoms with van der Waals surface area (Å²) in [5.74, 6) is -0.0391. The molecule has 0 spiro atoms. The summed E-state index contributed by atoms with van der Waals surface area (Å²) in [4.78, 5) is 17.1. The fourth-order valence-electron chi connectivity index (χ4n) is 2.90. The Bertz CT molecular complexity index is 922. The summed E-state index contributed by atoms with van der Waals surface area (Å²) < 4.78 is 0. The molecular weight excluding hydrogens is 340 g/mol. The van der Waals surface area contributed by atoms with Gasteiger partial charge in [-0.15, -0.1) is 11.3 Å². The van der Waals surface area contributed by atoms with E-state index in [0.717, 1.165) is 27.5 Å². The van der Waals surface area contributed by atoms with Crippen LogP contribution in [0.3, 0.4) is 0 Å². The molecular formula is C22H24N2OS. The number of nitrogens with zero attached hydrogens (tertiary/aromatic N) is 1. The normalized spacial score (nSPS) is 11.4. The van der Waals surface area contributed by atoms with Crippen molar-refractivity contribution in [3.63, 3.8) is 0 Å². The fourth-order valence-corrected chi connectivity index (χ4v) is 3.72. The van der Waals surface area contributed by atoms with Gasteiger partial charge in [-0.2, -0.15) is 0 Å². The number of hydrogen-bond acceptors (Lipinski definition) is 3. The molecule has 0 bridgehead atoms. The number of nitrogens with one attached hydrogen (secondary N) is 1. The molecule has 0 atom stereocenters. The molecule has 1 heterocycles. The zero-order chi connectivity index (χ0) is 18.7. The lowest BCUT2D eigenvalue weighted by Crippen LogP contribution is -2.20. The topological polar surface area (TPSA) is 42.0 Å². The SMILES string of the molecule is Cc1cccc(-c2nc(CC(=O)Nc3ccccc3C(C)(C)C)cs2)c1. The third-order valence-corrected chi connectivity index (χ3v) is 5.11. The van der Waals surface area contributed by atoms with E-state index in [1.807, 2.05) is 29.6 Å². The second kappa shape index (κ2) is 7.42. The van der Waals surface area contributed by atoms with E-state index in [-0.39, 0.29) is 17.7 Å². The molecule has 3 rings (SSSR count). The summed E-state index contributed by atoms with van der Waals surface area (Å²) in [7, 11) is 0. The summed E-state index contributed by atoms with van der Waals surface area (Å²) >= 11 is 1.58. The van der Waals surface area contributed by atoms with Crippen molar-refractivity contribution in [1.82, 2.24) is 4.98 Å². The zero-order valence-corrected chi connectivity index (χ0v) is 16.5. The van der Waals surface area contributed by atoms with Crippen LogP contribution in [0.4, 0.5) is 5.69 Å². The number of thiazole rings is 1. The van der Waals surface area contributed by atoms with Gasteiger partial charge in [-0.05, 0) is 30.0 Å². The molecule has 0 fully saturated rings. The van der Waals surface area contributed by atoms with Crippen LogP contribution in [0.5, 0.6) is 0 Å². The van der Waals surface area contributed by atoms with Gasteiger partial charge in [0.15, 0.2) is 0 Å². The molecule has 0 saturated heterocycles. The Labute approximate surface area is 159 Å². The highest BCUT2D eigenvalue weighted by Crippen LogP contribution is 2.29. The van der Waals surface area contributed by atoms with Gasteiger partial charge in [0.25, 0.3) is 0 Å². The van der Waals surface area contributed by atoms with Crippen molar-refractivity contribution in [3.05, 3.63) is 70.7 Å². The molecule has 4 heteroatoms. The Kier molecular flexibility index (Phi) is 5.23. The van der Waals surface area contributed by atoms with E-state index in [9.17, 15) is 4.79 Å². The molecule has 1 aromatic heterocycles. The largest absolute Gasteiger partial charge is 0.325 e. The Balaban J connectivity index is 1.72. The van der Waals surface area contributed by atoms with Gasteiger partial charge in [-0.25, -0.2) is 4.98 Å². The van der Waals surface area contributed by atoms with Crippen molar-refractivity contribution < 1.29 is 4.79 Å². The number of benzene rings is 2. The van der Waals surface area contributed by atoms with Gasteiger partial charge < -0.3 is 5.32 Å². The number of para-hydroxylation sites is 1. The van der Waals surface area contributed by atoms with Crippen molar-refractivity contribution in [1.29, 1.82) is 0 Å². The number of anilines is 1. The monoisotopic (exact) mass is 364 g/mol. The number of aromatic nitrogens is 1. The Morgan fingerprint density at radius 2 is 1.88 bits per heavy atom. The third kappa shape index (κ3) is 4.38. The first-order chi connectivity index (χ1) is 12.3. The van der Waals surface area contributed by atoms with Crippen LogP contribution in [-0.2, 0) is 16.6 Å². The van der Waals surface area contributed by atoms with Crippen molar-refractivity contribution in [2.24, 2.45) is 0 Å². The molecule has 0 aliphatic carbocycles. The molecule has 0 aliphatic heterocycles. The Morgan fingerprint density at radius 1 is 1.12 bits per heavy atom. The molecule has 1 N–H and O–H groups in total. The number of amides is 1. The first-order valence-electron chi connectivity index (χ1n) is 8.74. The highest BCUT2D eigenvalue weighted by atomic mass is 32.1. The quantitative estimate of drug-likeness (QED) is 0.655. The summed E-state index contributed by atoms with van der Waals surface area (Å²) in [5, 5.41) is 5.97. The number of rotatable bonds is 4. The van der Waals surface area contributed by atoms with Crippen LogP contribution in [0.15, 0.2) is 53.9 Å². The molecule has 3 nitrogen and oxygen atoms in total. The molecule has 26 heavy (non-hydrogen) atoms. The minimum atomic E-state index is -0.0391. The Morgan fingerprint density at radius 3 is 2.62 bits per heavy atom. The van der Waals surface area contributed by atoms with Crippen LogP contribution in [0.25, 0.3) is 10.6 Å². The van der Waals surface area contributed by atoms with Crippen LogP contribution in [-0.4, -0.2) is 10.9 Å². The van der Waals surface area contributed by atoms with Gasteiger partial charge >= 0.3 is 0 Å². The summed E-state index contributed by atoms with van der Waals surface area (Å²) in [5.41, 5.74) is 5.09. The number of carbonyl (C=O) groups excluding carboxylic acids is 1. The van der Waals surface area contributed by atoms with Gasteiger partial charge in [-0.3, -0.25) is 4.79 Å². The Hall–Kier alpha value is -2.46. The summed E-state index contributed by atoms with van der Waals surface area (Å²) in [6, 6.07) is 16.2. The highest BCUT2D eigenvalue weighted by Gasteiger charge is 2.19. The van der Waals surface area contributed by atoms with Gasteiger partial charge in [-0.1, -0.05) is 62.7 Å². The van der Waals surface area contributed by atoms with Crippen LogP contribution < -0.4 is 5.32 Å². The van der Waals surface area contributed by atoms with E-state index in [0.29, 0.717) is 0 Å². The van der Waals surface area contributed by atoms with E-state index in [1.54, 1.807) is 11.3 Å². The third-order valence-electron chi connectivity index (χ3n) is 4.17. The maximum absolute atomic E-state index is 12.5. The molecule has 0 unspecified atom stereocenters. The summed E-state index contributed by atoms with van der Waals surface area (Å²) in [6.07, 6.45) is 0.279. The second-order valence-electron chi connectivity index (χ2n) is 7.53. The van der Waals surface area contributed by atoms with Crippen LogP contribution in [0.1, 0.15) is 37.6 Å². The van der Waals surface area contributed by atoms with Gasteiger partial charge in [0, 0.05) is 16.6 Å². The molecule has 0 radical (unpaired) electrons. The molecule has 134 valence electrons. The first kappa shape index (κ1) is 18.3. The fraction of sp³-hybridized carbons (Fsp3) is 0.273. The van der Waals surface area contributed by atoms with Crippen LogP contribution >= 0.6 is 11.3 Å². The minimum absolute atomic E-state index is 0.0250. The highest BCUT2D eigenvalue weighted by molar-refractivity contribution is 7.13. The van der Waals surface area contributed by atoms with Gasteiger partial charge in [0.1, 0.15) is 5.01 Å². The maximum Gasteiger partial charge on any atom is 0.230 e. The predicted octanol–water partition coefficient (Wildman–Crippen LogP) is 5.60. The minimum Gasteiger partial charge on any atom is -0.325 e.